The van der Waals surface area contributed by atoms with Gasteiger partial charge in [-0.25, -0.2) is 9.97 Å². The number of halogens is 1. The van der Waals surface area contributed by atoms with Gasteiger partial charge in [-0.2, -0.15) is 0 Å². The first-order valence-corrected chi connectivity index (χ1v) is 10.6. The van der Waals surface area contributed by atoms with Gasteiger partial charge in [0.2, 0.25) is 0 Å². The Balaban J connectivity index is 1.36. The van der Waals surface area contributed by atoms with Gasteiger partial charge in [0.15, 0.2) is 5.65 Å². The smallest absolute Gasteiger partial charge is 0.160 e. The summed E-state index contributed by atoms with van der Waals surface area (Å²) in [4.78, 5) is 12.1. The van der Waals surface area contributed by atoms with Crippen LogP contribution in [0.15, 0.2) is 42.6 Å². The zero-order valence-corrected chi connectivity index (χ0v) is 16.7. The Hall–Kier alpha value is -1.95. The van der Waals surface area contributed by atoms with Crippen molar-refractivity contribution in [3.63, 3.8) is 0 Å². The summed E-state index contributed by atoms with van der Waals surface area (Å²) in [7, 11) is 0. The Morgan fingerprint density at radius 1 is 1.11 bits per heavy atom. The predicted octanol–water partition coefficient (Wildman–Crippen LogP) is 4.77. The molecule has 0 amide bonds. The van der Waals surface area contributed by atoms with Gasteiger partial charge in [0.05, 0.1) is 0 Å². The third-order valence-corrected chi connectivity index (χ3v) is 6.15. The van der Waals surface area contributed by atoms with E-state index in [-0.39, 0.29) is 6.10 Å². The molecule has 2 aromatic heterocycles. The Labute approximate surface area is 170 Å². The fourth-order valence-corrected chi connectivity index (χ4v) is 4.76. The molecule has 0 unspecified atom stereocenters. The molecule has 1 atom stereocenters. The zero-order valence-electron chi connectivity index (χ0n) is 15.9. The SMILES string of the molecule is Clc1cccc(CN2CCC(n3c([C@@H]4CCCO4)nc4cccnc43)CC2)c1. The molecule has 2 aliphatic heterocycles. The average molecular weight is 397 g/mol. The van der Waals surface area contributed by atoms with Crippen LogP contribution in [0.2, 0.25) is 5.02 Å². The summed E-state index contributed by atoms with van der Waals surface area (Å²) in [6, 6.07) is 12.6. The maximum absolute atomic E-state index is 6.14. The van der Waals surface area contributed by atoms with Gasteiger partial charge < -0.3 is 9.30 Å². The number of imidazole rings is 1. The van der Waals surface area contributed by atoms with E-state index in [1.807, 2.05) is 24.4 Å². The van der Waals surface area contributed by atoms with Gasteiger partial charge in [-0.3, -0.25) is 4.90 Å². The van der Waals surface area contributed by atoms with Crippen LogP contribution in [0.25, 0.3) is 11.2 Å². The number of likely N-dealkylation sites (tertiary alicyclic amines) is 1. The molecule has 2 saturated heterocycles. The lowest BCUT2D eigenvalue weighted by atomic mass is 10.0. The van der Waals surface area contributed by atoms with Crippen LogP contribution in [0.1, 0.15) is 49.2 Å². The van der Waals surface area contributed by atoms with Crippen molar-refractivity contribution in [2.24, 2.45) is 0 Å². The van der Waals surface area contributed by atoms with E-state index < -0.39 is 0 Å². The molecule has 0 saturated carbocycles. The monoisotopic (exact) mass is 396 g/mol. The van der Waals surface area contributed by atoms with E-state index in [9.17, 15) is 0 Å². The van der Waals surface area contributed by atoms with E-state index in [0.29, 0.717) is 6.04 Å². The number of hydrogen-bond acceptors (Lipinski definition) is 4. The number of piperidine rings is 1. The molecule has 1 aromatic carbocycles. The van der Waals surface area contributed by atoms with E-state index in [1.165, 1.54) is 5.56 Å². The molecule has 5 nitrogen and oxygen atoms in total. The van der Waals surface area contributed by atoms with Crippen LogP contribution < -0.4 is 0 Å². The van der Waals surface area contributed by atoms with Gasteiger partial charge in [-0.15, -0.1) is 0 Å². The van der Waals surface area contributed by atoms with Crippen molar-refractivity contribution in [3.8, 4) is 0 Å². The number of fused-ring (bicyclic) bond motifs is 1. The van der Waals surface area contributed by atoms with E-state index in [1.54, 1.807) is 0 Å². The number of rotatable bonds is 4. The van der Waals surface area contributed by atoms with Gasteiger partial charge in [0.25, 0.3) is 0 Å². The van der Waals surface area contributed by atoms with Gasteiger partial charge in [-0.1, -0.05) is 23.7 Å². The summed E-state index contributed by atoms with van der Waals surface area (Å²) in [5, 5.41) is 0.810. The lowest BCUT2D eigenvalue weighted by molar-refractivity contribution is 0.0970. The lowest BCUT2D eigenvalue weighted by Gasteiger charge is -2.33. The van der Waals surface area contributed by atoms with Crippen molar-refractivity contribution in [3.05, 3.63) is 59.0 Å². The maximum atomic E-state index is 6.14. The molecule has 0 N–H and O–H groups in total. The van der Waals surface area contributed by atoms with E-state index in [0.717, 1.165) is 73.9 Å². The number of hydrogen-bond donors (Lipinski definition) is 0. The molecule has 0 spiro atoms. The van der Waals surface area contributed by atoms with Crippen LogP contribution in [0.3, 0.4) is 0 Å². The highest BCUT2D eigenvalue weighted by molar-refractivity contribution is 6.30. The second kappa shape index (κ2) is 7.82. The minimum Gasteiger partial charge on any atom is -0.370 e. The molecular weight excluding hydrogens is 372 g/mol. The molecular formula is C22H25ClN4O. The molecule has 146 valence electrons. The zero-order chi connectivity index (χ0) is 18.9. The van der Waals surface area contributed by atoms with Crippen molar-refractivity contribution >= 4 is 22.8 Å². The number of aromatic nitrogens is 3. The Bertz CT molecular complexity index is 958. The third kappa shape index (κ3) is 3.54. The molecule has 0 bridgehead atoms. The van der Waals surface area contributed by atoms with Crippen LogP contribution in [0.4, 0.5) is 0 Å². The molecule has 5 rings (SSSR count). The third-order valence-electron chi connectivity index (χ3n) is 5.91. The normalized spacial score (nSPS) is 21.5. The largest absolute Gasteiger partial charge is 0.370 e. The summed E-state index contributed by atoms with van der Waals surface area (Å²) in [6.07, 6.45) is 6.34. The fourth-order valence-electron chi connectivity index (χ4n) is 4.54. The Kier molecular flexibility index (Phi) is 5.05. The van der Waals surface area contributed by atoms with Gasteiger partial charge in [-0.05, 0) is 55.5 Å². The number of benzene rings is 1. The van der Waals surface area contributed by atoms with Crippen LogP contribution in [-0.4, -0.2) is 39.1 Å². The van der Waals surface area contributed by atoms with Gasteiger partial charge in [0.1, 0.15) is 17.4 Å². The van der Waals surface area contributed by atoms with E-state index >= 15 is 0 Å². The van der Waals surface area contributed by atoms with E-state index in [2.05, 4.69) is 32.7 Å². The molecule has 4 heterocycles. The van der Waals surface area contributed by atoms with Crippen molar-refractivity contribution in [2.45, 2.75) is 44.4 Å². The summed E-state index contributed by atoms with van der Waals surface area (Å²) in [6.45, 7) is 3.91. The quantitative estimate of drug-likeness (QED) is 0.636. The van der Waals surface area contributed by atoms with Crippen molar-refractivity contribution in [1.29, 1.82) is 0 Å². The molecule has 2 fully saturated rings. The Morgan fingerprint density at radius 2 is 2.00 bits per heavy atom. The van der Waals surface area contributed by atoms with Crippen LogP contribution in [0, 0.1) is 0 Å². The molecule has 3 aromatic rings. The van der Waals surface area contributed by atoms with E-state index in [4.69, 9.17) is 21.3 Å². The predicted molar refractivity (Wildman–Crippen MR) is 110 cm³/mol. The topological polar surface area (TPSA) is 43.2 Å². The minimum absolute atomic E-state index is 0.110. The van der Waals surface area contributed by atoms with Crippen molar-refractivity contribution in [2.75, 3.05) is 19.7 Å². The Morgan fingerprint density at radius 3 is 2.79 bits per heavy atom. The minimum atomic E-state index is 0.110. The summed E-state index contributed by atoms with van der Waals surface area (Å²) < 4.78 is 8.35. The maximum Gasteiger partial charge on any atom is 0.160 e. The number of nitrogens with zero attached hydrogens (tertiary/aromatic N) is 4. The average Bonchev–Trinajstić information content (AvgIpc) is 3.36. The van der Waals surface area contributed by atoms with Crippen molar-refractivity contribution < 1.29 is 4.74 Å². The number of pyridine rings is 1. The lowest BCUT2D eigenvalue weighted by Crippen LogP contribution is -2.34. The summed E-state index contributed by atoms with van der Waals surface area (Å²) in [5.74, 6) is 1.07. The summed E-state index contributed by atoms with van der Waals surface area (Å²) >= 11 is 6.14. The van der Waals surface area contributed by atoms with Gasteiger partial charge >= 0.3 is 0 Å². The molecule has 0 radical (unpaired) electrons. The first kappa shape index (κ1) is 18.1. The molecule has 2 aliphatic rings. The highest BCUT2D eigenvalue weighted by Crippen LogP contribution is 2.35. The van der Waals surface area contributed by atoms with Crippen LogP contribution >= 0.6 is 11.6 Å². The first-order chi connectivity index (χ1) is 13.8. The highest BCUT2D eigenvalue weighted by atomic mass is 35.5. The summed E-state index contributed by atoms with van der Waals surface area (Å²) in [5.41, 5.74) is 3.26. The molecule has 28 heavy (non-hydrogen) atoms. The standard InChI is InChI=1S/C22H25ClN4O/c23-17-5-1-4-16(14-17)15-26-11-8-18(9-12-26)27-21-19(6-2-10-24-21)25-22(27)20-7-3-13-28-20/h1-2,4-6,10,14,18,20H,3,7-9,11-13,15H2/t20-/m0/s1. The highest BCUT2D eigenvalue weighted by Gasteiger charge is 2.30. The molecule has 6 heteroatoms. The second-order valence-electron chi connectivity index (χ2n) is 7.83. The van der Waals surface area contributed by atoms with Crippen molar-refractivity contribution in [1.82, 2.24) is 19.4 Å². The van der Waals surface area contributed by atoms with Crippen LogP contribution in [0.5, 0.6) is 0 Å². The van der Waals surface area contributed by atoms with Crippen LogP contribution in [-0.2, 0) is 11.3 Å². The number of ether oxygens (including phenoxy) is 1. The second-order valence-corrected chi connectivity index (χ2v) is 8.26. The molecule has 0 aliphatic carbocycles. The fraction of sp³-hybridized carbons (Fsp3) is 0.455. The van der Waals surface area contributed by atoms with Gasteiger partial charge in [0, 0.05) is 43.5 Å². The first-order valence-electron chi connectivity index (χ1n) is 10.2.